The van der Waals surface area contributed by atoms with Crippen molar-refractivity contribution in [2.24, 2.45) is 0 Å². The fourth-order valence-electron chi connectivity index (χ4n) is 2.71. The van der Waals surface area contributed by atoms with Crippen LogP contribution in [0.3, 0.4) is 0 Å². The highest BCUT2D eigenvalue weighted by molar-refractivity contribution is 7.66. The Kier molecular flexibility index (Phi) is 8.82. The summed E-state index contributed by atoms with van der Waals surface area (Å²) in [6.45, 7) is 2.95. The molecule has 11 heteroatoms. The van der Waals surface area contributed by atoms with Crippen molar-refractivity contribution in [3.63, 3.8) is 0 Å². The molecule has 0 fully saturated rings. The predicted octanol–water partition coefficient (Wildman–Crippen LogP) is 7.59. The summed E-state index contributed by atoms with van der Waals surface area (Å²) in [5, 5.41) is -1.55. The molecule has 1 unspecified atom stereocenters. The van der Waals surface area contributed by atoms with Gasteiger partial charge in [-0.1, -0.05) is 39.5 Å². The van der Waals surface area contributed by atoms with Gasteiger partial charge >= 0.3 is 17.5 Å². The number of halogens is 10. The van der Waals surface area contributed by atoms with E-state index in [2.05, 4.69) is 0 Å². The van der Waals surface area contributed by atoms with Crippen LogP contribution in [0, 0.1) is 23.3 Å². The minimum absolute atomic E-state index is 0.125. The summed E-state index contributed by atoms with van der Waals surface area (Å²) in [5.41, 5.74) is -5.50. The molecular weight excluding hydrogens is 437 g/mol. The minimum Gasteiger partial charge on any atom is -0.204 e. The van der Waals surface area contributed by atoms with E-state index < -0.39 is 73.0 Å². The van der Waals surface area contributed by atoms with Crippen molar-refractivity contribution in [2.45, 2.75) is 69.9 Å². The van der Waals surface area contributed by atoms with Gasteiger partial charge in [-0.2, -0.15) is 26.3 Å². The molecule has 0 radical (unpaired) electrons. The van der Waals surface area contributed by atoms with Crippen molar-refractivity contribution in [1.82, 2.24) is 0 Å². The second-order valence-corrected chi connectivity index (χ2v) is 8.95. The Labute approximate surface area is 163 Å². The first kappa shape index (κ1) is 26.0. The van der Waals surface area contributed by atoms with E-state index in [0.717, 1.165) is 0 Å². The number of hydrogen-bond donors (Lipinski definition) is 0. The Bertz CT molecular complexity index is 690. The van der Waals surface area contributed by atoms with Crippen molar-refractivity contribution in [3.05, 3.63) is 29.3 Å². The summed E-state index contributed by atoms with van der Waals surface area (Å²) in [5.74, 6) is -20.2. The molecule has 0 saturated carbocycles. The van der Waals surface area contributed by atoms with Crippen molar-refractivity contribution < 1.29 is 43.9 Å². The van der Waals surface area contributed by atoms with Crippen LogP contribution in [0.15, 0.2) is 6.07 Å². The van der Waals surface area contributed by atoms with Crippen LogP contribution in [0.1, 0.15) is 52.4 Å². The lowest BCUT2D eigenvalue weighted by Gasteiger charge is -2.37. The number of benzene rings is 1. The third-order valence-electron chi connectivity index (χ3n) is 4.34. The maximum Gasteiger partial charge on any atom is 0.376 e. The van der Waals surface area contributed by atoms with E-state index in [1.165, 1.54) is 6.92 Å². The average Bonchev–Trinajstić information content (AvgIpc) is 2.64. The van der Waals surface area contributed by atoms with Gasteiger partial charge in [-0.3, -0.25) is 0 Å². The van der Waals surface area contributed by atoms with Crippen LogP contribution in [-0.4, -0.2) is 23.7 Å². The first-order valence-corrected chi connectivity index (χ1v) is 10.5. The zero-order valence-corrected chi connectivity index (χ0v) is 16.6. The Morgan fingerprint density at radius 3 is 1.86 bits per heavy atom. The van der Waals surface area contributed by atoms with Crippen LogP contribution in [0.5, 0.6) is 0 Å². The molecule has 168 valence electrons. The molecule has 0 aromatic heterocycles. The standard InChI is InChI=1S/C18H21F10P/c1-3-5-6-7-8-16(23,24)17(25,26)18(27,28)29(9-4-2)12-10-11(19)13(20)15(22)14(12)21/h10H,3-9H2,1-2H3. The van der Waals surface area contributed by atoms with Gasteiger partial charge in [0, 0.05) is 19.6 Å². The molecule has 0 N–H and O–H groups in total. The third-order valence-corrected chi connectivity index (χ3v) is 7.10. The van der Waals surface area contributed by atoms with E-state index in [4.69, 9.17) is 0 Å². The van der Waals surface area contributed by atoms with Gasteiger partial charge in [0.15, 0.2) is 23.3 Å². The molecule has 0 aliphatic carbocycles. The van der Waals surface area contributed by atoms with Crippen LogP contribution in [0.25, 0.3) is 0 Å². The van der Waals surface area contributed by atoms with Gasteiger partial charge in [-0.05, 0) is 18.6 Å². The van der Waals surface area contributed by atoms with Gasteiger partial charge in [-0.25, -0.2) is 17.6 Å². The van der Waals surface area contributed by atoms with E-state index >= 15 is 0 Å². The number of unbranched alkanes of at least 4 members (excludes halogenated alkanes) is 3. The lowest BCUT2D eigenvalue weighted by atomic mass is 10.0. The maximum absolute atomic E-state index is 14.6. The molecule has 1 rings (SSSR count). The fourth-order valence-corrected chi connectivity index (χ4v) is 5.09. The fraction of sp³-hybridized carbons (Fsp3) is 0.667. The molecule has 1 atom stereocenters. The van der Waals surface area contributed by atoms with Crippen molar-refractivity contribution in [3.8, 4) is 0 Å². The summed E-state index contributed by atoms with van der Waals surface area (Å²) in [7, 11) is -3.82. The first-order valence-electron chi connectivity index (χ1n) is 9.00. The minimum atomic E-state index is -5.90. The van der Waals surface area contributed by atoms with Crippen LogP contribution >= 0.6 is 7.92 Å². The quantitative estimate of drug-likeness (QED) is 0.105. The predicted molar refractivity (Wildman–Crippen MR) is 91.6 cm³/mol. The molecule has 0 aliphatic rings. The summed E-state index contributed by atoms with van der Waals surface area (Å²) in [6.07, 6.45) is -2.02. The van der Waals surface area contributed by atoms with Crippen molar-refractivity contribution in [2.75, 3.05) is 6.16 Å². The largest absolute Gasteiger partial charge is 0.376 e. The molecule has 29 heavy (non-hydrogen) atoms. The van der Waals surface area contributed by atoms with Crippen LogP contribution in [0.4, 0.5) is 43.9 Å². The Hall–Kier alpha value is -1.05. The highest BCUT2D eigenvalue weighted by Crippen LogP contribution is 2.63. The molecule has 0 nitrogen and oxygen atoms in total. The molecule has 1 aromatic rings. The number of rotatable bonds is 11. The second kappa shape index (κ2) is 9.84. The molecule has 0 spiro atoms. The van der Waals surface area contributed by atoms with E-state index in [1.54, 1.807) is 6.92 Å². The van der Waals surface area contributed by atoms with E-state index in [0.29, 0.717) is 12.8 Å². The van der Waals surface area contributed by atoms with E-state index in [1.807, 2.05) is 0 Å². The summed E-state index contributed by atoms with van der Waals surface area (Å²) < 4.78 is 140. The topological polar surface area (TPSA) is 0 Å². The summed E-state index contributed by atoms with van der Waals surface area (Å²) >= 11 is 0. The first-order chi connectivity index (χ1) is 13.3. The highest BCUT2D eigenvalue weighted by atomic mass is 31.1. The monoisotopic (exact) mass is 458 g/mol. The zero-order valence-electron chi connectivity index (χ0n) is 15.8. The lowest BCUT2D eigenvalue weighted by Crippen LogP contribution is -2.54. The van der Waals surface area contributed by atoms with Gasteiger partial charge < -0.3 is 0 Å². The second-order valence-electron chi connectivity index (χ2n) is 6.60. The van der Waals surface area contributed by atoms with Gasteiger partial charge in [-0.15, -0.1) is 0 Å². The van der Waals surface area contributed by atoms with Gasteiger partial charge in [0.25, 0.3) is 0 Å². The molecule has 0 amide bonds. The number of alkyl halides is 6. The van der Waals surface area contributed by atoms with Crippen molar-refractivity contribution >= 4 is 13.2 Å². The molecule has 0 bridgehead atoms. The molecular formula is C18H21F10P. The molecule has 0 saturated heterocycles. The Balaban J connectivity index is 3.39. The number of hydrogen-bond acceptors (Lipinski definition) is 0. The maximum atomic E-state index is 14.6. The van der Waals surface area contributed by atoms with Gasteiger partial charge in [0.05, 0.1) is 0 Å². The smallest absolute Gasteiger partial charge is 0.204 e. The summed E-state index contributed by atoms with van der Waals surface area (Å²) in [6, 6.07) is -0.168. The molecule has 1 aromatic carbocycles. The zero-order chi connectivity index (χ0) is 22.6. The lowest BCUT2D eigenvalue weighted by molar-refractivity contribution is -0.280. The van der Waals surface area contributed by atoms with Gasteiger partial charge in [0.1, 0.15) is 0 Å². The SMILES string of the molecule is CCCCCCC(F)(F)C(F)(F)C(F)(F)P(CCC)c1cc(F)c(F)c(F)c1F. The summed E-state index contributed by atoms with van der Waals surface area (Å²) in [4.78, 5) is 0. The van der Waals surface area contributed by atoms with Gasteiger partial charge in [0.2, 0.25) is 0 Å². The normalized spacial score (nSPS) is 14.3. The van der Waals surface area contributed by atoms with Crippen molar-refractivity contribution in [1.29, 1.82) is 0 Å². The van der Waals surface area contributed by atoms with E-state index in [-0.39, 0.29) is 18.9 Å². The van der Waals surface area contributed by atoms with Crippen LogP contribution in [0.2, 0.25) is 0 Å². The van der Waals surface area contributed by atoms with E-state index in [9.17, 15) is 43.9 Å². The Morgan fingerprint density at radius 1 is 0.759 bits per heavy atom. The third kappa shape index (κ3) is 5.17. The van der Waals surface area contributed by atoms with Crippen LogP contribution < -0.4 is 5.30 Å². The molecule has 0 aliphatic heterocycles. The van der Waals surface area contributed by atoms with Crippen LogP contribution in [-0.2, 0) is 0 Å². The average molecular weight is 458 g/mol. The molecule has 0 heterocycles. The highest BCUT2D eigenvalue weighted by Gasteiger charge is 2.73. The Morgan fingerprint density at radius 2 is 1.34 bits per heavy atom.